The molecule has 1 saturated heterocycles. The summed E-state index contributed by atoms with van der Waals surface area (Å²) in [5.74, 6) is 0.604. The van der Waals surface area contributed by atoms with Gasteiger partial charge in [-0.15, -0.1) is 0 Å². The van der Waals surface area contributed by atoms with E-state index >= 15 is 0 Å². The van der Waals surface area contributed by atoms with Gasteiger partial charge >= 0.3 is 6.09 Å². The Labute approximate surface area is 120 Å². The highest BCUT2D eigenvalue weighted by molar-refractivity contribution is 5.64. The fraction of sp³-hybridized carbons (Fsp3) is 0.600. The van der Waals surface area contributed by atoms with Crippen LogP contribution in [0.15, 0.2) is 24.5 Å². The molecule has 0 aliphatic carbocycles. The first-order valence-electron chi connectivity index (χ1n) is 7.28. The Morgan fingerprint density at radius 3 is 2.60 bits per heavy atom. The third kappa shape index (κ3) is 4.20. The smallest absolute Gasteiger partial charge is 0.407 e. The maximum atomic E-state index is 10.9. The number of hydrogen-bond acceptors (Lipinski definition) is 3. The molecule has 1 amide bonds. The number of carbonyl (C=O) groups is 1. The number of hydrogen-bond donors (Lipinski definition) is 1. The first-order valence-corrected chi connectivity index (χ1v) is 7.28. The van der Waals surface area contributed by atoms with Crippen LogP contribution < -0.4 is 0 Å². The van der Waals surface area contributed by atoms with E-state index in [-0.39, 0.29) is 0 Å². The molecule has 110 valence electrons. The van der Waals surface area contributed by atoms with Crippen LogP contribution in [0.4, 0.5) is 4.79 Å². The van der Waals surface area contributed by atoms with E-state index in [9.17, 15) is 4.79 Å². The second-order valence-corrected chi connectivity index (χ2v) is 5.40. The lowest BCUT2D eigenvalue weighted by Crippen LogP contribution is -2.40. The van der Waals surface area contributed by atoms with Crippen LogP contribution in [0.25, 0.3) is 0 Å². The molecule has 0 spiro atoms. The third-order valence-electron chi connectivity index (χ3n) is 4.00. The number of aromatic nitrogens is 1. The number of rotatable bonds is 5. The van der Waals surface area contributed by atoms with Gasteiger partial charge in [-0.25, -0.2) is 4.79 Å². The van der Waals surface area contributed by atoms with Crippen LogP contribution in [-0.4, -0.2) is 52.2 Å². The van der Waals surface area contributed by atoms with Crippen LogP contribution in [0.1, 0.15) is 25.3 Å². The molecule has 0 atom stereocenters. The van der Waals surface area contributed by atoms with Crippen molar-refractivity contribution in [2.45, 2.75) is 26.3 Å². The van der Waals surface area contributed by atoms with Crippen molar-refractivity contribution in [3.8, 4) is 0 Å². The van der Waals surface area contributed by atoms with Crippen molar-refractivity contribution in [1.82, 2.24) is 14.8 Å². The fourth-order valence-corrected chi connectivity index (χ4v) is 2.72. The van der Waals surface area contributed by atoms with Crippen molar-refractivity contribution >= 4 is 6.09 Å². The van der Waals surface area contributed by atoms with E-state index in [1.165, 1.54) is 10.5 Å². The van der Waals surface area contributed by atoms with Gasteiger partial charge in [0.15, 0.2) is 0 Å². The minimum atomic E-state index is -0.785. The summed E-state index contributed by atoms with van der Waals surface area (Å²) in [7, 11) is 0. The molecule has 0 aromatic carbocycles. The molecule has 0 saturated carbocycles. The first-order chi connectivity index (χ1) is 9.69. The highest BCUT2D eigenvalue weighted by atomic mass is 16.4. The zero-order valence-electron chi connectivity index (χ0n) is 12.0. The largest absolute Gasteiger partial charge is 0.465 e. The number of piperidine rings is 1. The summed E-state index contributed by atoms with van der Waals surface area (Å²) in [6.07, 6.45) is 4.81. The van der Waals surface area contributed by atoms with Crippen molar-refractivity contribution in [3.63, 3.8) is 0 Å². The van der Waals surface area contributed by atoms with Crippen molar-refractivity contribution in [2.75, 3.05) is 26.2 Å². The molecular weight excluding hydrogens is 254 g/mol. The van der Waals surface area contributed by atoms with Gasteiger partial charge in [0, 0.05) is 38.6 Å². The molecule has 20 heavy (non-hydrogen) atoms. The van der Waals surface area contributed by atoms with Crippen LogP contribution >= 0.6 is 0 Å². The van der Waals surface area contributed by atoms with Crippen molar-refractivity contribution in [3.05, 3.63) is 30.1 Å². The molecule has 1 aromatic rings. The lowest BCUT2D eigenvalue weighted by atomic mass is 9.96. The Hall–Kier alpha value is -1.62. The highest BCUT2D eigenvalue weighted by Gasteiger charge is 2.23. The molecular formula is C15H23N3O2. The van der Waals surface area contributed by atoms with Crippen LogP contribution in [0.3, 0.4) is 0 Å². The Kier molecular flexibility index (Phi) is 5.35. The van der Waals surface area contributed by atoms with E-state index in [2.05, 4.69) is 28.9 Å². The average Bonchev–Trinajstić information content (AvgIpc) is 2.48. The van der Waals surface area contributed by atoms with Gasteiger partial charge in [0.05, 0.1) is 0 Å². The van der Waals surface area contributed by atoms with Crippen molar-refractivity contribution in [2.24, 2.45) is 5.92 Å². The molecule has 1 N–H and O–H groups in total. The monoisotopic (exact) mass is 277 g/mol. The van der Waals surface area contributed by atoms with E-state index in [1.807, 2.05) is 12.4 Å². The normalized spacial score (nSPS) is 16.6. The van der Waals surface area contributed by atoms with Crippen LogP contribution in [0, 0.1) is 5.92 Å². The fourth-order valence-electron chi connectivity index (χ4n) is 2.72. The second-order valence-electron chi connectivity index (χ2n) is 5.40. The first kappa shape index (κ1) is 14.8. The van der Waals surface area contributed by atoms with Crippen molar-refractivity contribution < 1.29 is 9.90 Å². The summed E-state index contributed by atoms with van der Waals surface area (Å²) in [6.45, 7) is 6.53. The van der Waals surface area contributed by atoms with E-state index in [4.69, 9.17) is 5.11 Å². The Morgan fingerprint density at radius 2 is 2.05 bits per heavy atom. The Bertz CT molecular complexity index is 416. The summed E-state index contributed by atoms with van der Waals surface area (Å²) in [5, 5.41) is 8.96. The van der Waals surface area contributed by atoms with Crippen LogP contribution in [0.5, 0.6) is 0 Å². The zero-order chi connectivity index (χ0) is 14.4. The summed E-state index contributed by atoms with van der Waals surface area (Å²) < 4.78 is 0. The predicted molar refractivity (Wildman–Crippen MR) is 77.5 cm³/mol. The maximum absolute atomic E-state index is 10.9. The lowest BCUT2D eigenvalue weighted by Gasteiger charge is -2.33. The number of nitrogens with zero attached hydrogens (tertiary/aromatic N) is 3. The number of likely N-dealkylation sites (tertiary alicyclic amines) is 1. The molecule has 1 aromatic heterocycles. The number of pyridine rings is 1. The summed E-state index contributed by atoms with van der Waals surface area (Å²) in [6, 6.07) is 4.10. The zero-order valence-corrected chi connectivity index (χ0v) is 12.0. The predicted octanol–water partition coefficient (Wildman–Crippen LogP) is 2.29. The summed E-state index contributed by atoms with van der Waals surface area (Å²) in [5.41, 5.74) is 1.28. The third-order valence-corrected chi connectivity index (χ3v) is 4.00. The average molecular weight is 277 g/mol. The molecule has 1 aliphatic rings. The Balaban J connectivity index is 1.81. The SMILES string of the molecule is CCN(Cc1ccncc1)CC1CCN(C(=O)O)CC1. The molecule has 5 nitrogen and oxygen atoms in total. The molecule has 5 heteroatoms. The highest BCUT2D eigenvalue weighted by Crippen LogP contribution is 2.19. The van der Waals surface area contributed by atoms with Gasteiger partial charge in [-0.1, -0.05) is 6.92 Å². The van der Waals surface area contributed by atoms with Gasteiger partial charge in [0.25, 0.3) is 0 Å². The molecule has 1 fully saturated rings. The molecule has 2 heterocycles. The number of carboxylic acid groups (broad SMARTS) is 1. The second kappa shape index (κ2) is 7.24. The molecule has 0 radical (unpaired) electrons. The lowest BCUT2D eigenvalue weighted by molar-refractivity contribution is 0.113. The van der Waals surface area contributed by atoms with Gasteiger partial charge in [-0.05, 0) is 43.0 Å². The molecule has 0 bridgehead atoms. The van der Waals surface area contributed by atoms with Gasteiger partial charge in [0.1, 0.15) is 0 Å². The molecule has 0 unspecified atom stereocenters. The minimum Gasteiger partial charge on any atom is -0.465 e. The number of amides is 1. The van der Waals surface area contributed by atoms with E-state index in [1.54, 1.807) is 0 Å². The minimum absolute atomic E-state index is 0.604. The summed E-state index contributed by atoms with van der Waals surface area (Å²) >= 11 is 0. The van der Waals surface area contributed by atoms with Crippen molar-refractivity contribution in [1.29, 1.82) is 0 Å². The van der Waals surface area contributed by atoms with E-state index < -0.39 is 6.09 Å². The van der Waals surface area contributed by atoms with E-state index in [0.29, 0.717) is 19.0 Å². The molecule has 2 rings (SSSR count). The Morgan fingerprint density at radius 1 is 1.40 bits per heavy atom. The topological polar surface area (TPSA) is 56.7 Å². The van der Waals surface area contributed by atoms with Crippen LogP contribution in [-0.2, 0) is 6.54 Å². The van der Waals surface area contributed by atoms with Crippen LogP contribution in [0.2, 0.25) is 0 Å². The van der Waals surface area contributed by atoms with Gasteiger partial charge in [-0.2, -0.15) is 0 Å². The van der Waals surface area contributed by atoms with E-state index in [0.717, 1.165) is 32.5 Å². The molecule has 1 aliphatic heterocycles. The quantitative estimate of drug-likeness (QED) is 0.897. The summed E-state index contributed by atoms with van der Waals surface area (Å²) in [4.78, 5) is 18.9. The maximum Gasteiger partial charge on any atom is 0.407 e. The van der Waals surface area contributed by atoms with Gasteiger partial charge < -0.3 is 10.0 Å². The standard InChI is InChI=1S/C15H23N3O2/c1-2-17(11-13-3-7-16-8-4-13)12-14-5-9-18(10-6-14)15(19)20/h3-4,7-8,14H,2,5-6,9-12H2,1H3,(H,19,20). The van der Waals surface area contributed by atoms with Gasteiger partial charge in [0.2, 0.25) is 0 Å². The van der Waals surface area contributed by atoms with Gasteiger partial charge in [-0.3, -0.25) is 9.88 Å².